The molecule has 2 atom stereocenters. The molecule has 0 unspecified atom stereocenters. The van der Waals surface area contributed by atoms with Gasteiger partial charge in [0.15, 0.2) is 0 Å². The van der Waals surface area contributed by atoms with Crippen molar-refractivity contribution in [1.82, 2.24) is 19.1 Å². The summed E-state index contributed by atoms with van der Waals surface area (Å²) in [6.07, 6.45) is 9.05. The van der Waals surface area contributed by atoms with Crippen LogP contribution in [0, 0.1) is 5.92 Å². The molecule has 5 nitrogen and oxygen atoms in total. The molecule has 2 saturated heterocycles. The van der Waals surface area contributed by atoms with Crippen LogP contribution in [0.1, 0.15) is 50.5 Å². The molecule has 2 heterocycles. The molecule has 186 valence electrons. The van der Waals surface area contributed by atoms with Crippen LogP contribution >= 0.6 is 20.7 Å². The molecule has 3 fully saturated rings. The summed E-state index contributed by atoms with van der Waals surface area (Å²) < 4.78 is 3.63. The summed E-state index contributed by atoms with van der Waals surface area (Å²) in [5.41, 5.74) is 1.38. The number of hydrogen-bond donors (Lipinski definition) is 3. The van der Waals surface area contributed by atoms with Crippen LogP contribution in [0.4, 0.5) is 0 Å². The first-order chi connectivity index (χ1) is 16.3. The quantitative estimate of drug-likeness (QED) is 0.256. The molecule has 1 aliphatic carbocycles. The van der Waals surface area contributed by atoms with E-state index in [0.29, 0.717) is 12.1 Å². The SMILES string of the molecule is O=C(NC1CCN(Cc2ccccc2)CC1)[C@H](CSCC1CCCCC1)NC[C@@H]1CS[I-]N1. The first kappa shape index (κ1) is 26.1. The van der Waals surface area contributed by atoms with E-state index < -0.39 is 0 Å². The molecule has 3 N–H and O–H groups in total. The van der Waals surface area contributed by atoms with Gasteiger partial charge in [-0.2, -0.15) is 0 Å². The number of hydrogen-bond acceptors (Lipinski definition) is 6. The Hall–Kier alpha value is -0.0000000000000000763. The average Bonchev–Trinajstić information content (AvgIpc) is 3.37. The van der Waals surface area contributed by atoms with Gasteiger partial charge in [-0.15, -0.1) is 0 Å². The van der Waals surface area contributed by atoms with E-state index in [-0.39, 0.29) is 32.0 Å². The predicted octanol–water partition coefficient (Wildman–Crippen LogP) is 0.663. The molecular formula is C25H40IN4OS2-. The van der Waals surface area contributed by atoms with Crippen molar-refractivity contribution in [2.45, 2.75) is 69.6 Å². The Bertz CT molecular complexity index is 693. The van der Waals surface area contributed by atoms with E-state index in [1.165, 1.54) is 49.2 Å². The number of halogens is 1. The van der Waals surface area contributed by atoms with Gasteiger partial charge in [0.1, 0.15) is 0 Å². The molecule has 4 rings (SSSR count). The molecule has 33 heavy (non-hydrogen) atoms. The van der Waals surface area contributed by atoms with E-state index in [1.54, 1.807) is 0 Å². The van der Waals surface area contributed by atoms with Crippen molar-refractivity contribution in [3.05, 3.63) is 35.9 Å². The first-order valence-corrected chi connectivity index (χ1v) is 18.4. The van der Waals surface area contributed by atoms with Gasteiger partial charge in [0, 0.05) is 0 Å². The molecule has 0 aromatic heterocycles. The molecule has 0 radical (unpaired) electrons. The van der Waals surface area contributed by atoms with Gasteiger partial charge in [0.2, 0.25) is 0 Å². The van der Waals surface area contributed by atoms with Crippen LogP contribution in [0.2, 0.25) is 0 Å². The number of carbonyl (C=O) groups is 1. The average molecular weight is 604 g/mol. The third kappa shape index (κ3) is 9.18. The normalized spacial score (nSPS) is 24.3. The standard InChI is InChI=1S/C25H40IN4OS2/c31-25(28-22-11-13-30(14-12-22)16-20-7-3-1-4-8-20)24(27-15-23-18-33-26-29-23)19-32-17-21-9-5-2-6-10-21/h1,3-4,7-8,21-24,27,29H,2,5-6,9-19H2,(H,28,31)/q-1/t23-,24+/m1/s1. The van der Waals surface area contributed by atoms with Gasteiger partial charge in [0.25, 0.3) is 0 Å². The summed E-state index contributed by atoms with van der Waals surface area (Å²) in [6.45, 7) is 4.03. The topological polar surface area (TPSA) is 56.4 Å². The monoisotopic (exact) mass is 603 g/mol. The third-order valence-electron chi connectivity index (χ3n) is 6.99. The number of nitrogens with zero attached hydrogens (tertiary/aromatic N) is 1. The van der Waals surface area contributed by atoms with Gasteiger partial charge in [0.05, 0.1) is 0 Å². The van der Waals surface area contributed by atoms with E-state index >= 15 is 0 Å². The maximum atomic E-state index is 13.3. The molecule has 1 saturated carbocycles. The molecule has 1 aromatic rings. The van der Waals surface area contributed by atoms with Crippen LogP contribution in [0.15, 0.2) is 30.3 Å². The second-order valence-electron chi connectivity index (χ2n) is 9.71. The summed E-state index contributed by atoms with van der Waals surface area (Å²) in [6, 6.07) is 11.5. The van der Waals surface area contributed by atoms with E-state index in [1.807, 2.05) is 11.8 Å². The fourth-order valence-electron chi connectivity index (χ4n) is 4.93. The van der Waals surface area contributed by atoms with Crippen molar-refractivity contribution >= 4 is 26.6 Å². The molecule has 2 aliphatic heterocycles. The molecular weight excluding hydrogens is 563 g/mol. The number of nitrogens with one attached hydrogen (secondary N) is 3. The minimum absolute atomic E-state index is 0.0773. The zero-order valence-electron chi connectivity index (χ0n) is 19.6. The fourth-order valence-corrected chi connectivity index (χ4v) is 11.0. The maximum absolute atomic E-state index is 13.3. The molecule has 1 amide bonds. The number of likely N-dealkylation sites (tertiary alicyclic amines) is 1. The van der Waals surface area contributed by atoms with E-state index in [9.17, 15) is 4.79 Å². The van der Waals surface area contributed by atoms with Gasteiger partial charge in [-0.3, -0.25) is 0 Å². The zero-order valence-corrected chi connectivity index (χ0v) is 23.4. The molecule has 1 aromatic carbocycles. The van der Waals surface area contributed by atoms with Crippen molar-refractivity contribution in [1.29, 1.82) is 0 Å². The number of rotatable bonds is 11. The summed E-state index contributed by atoms with van der Waals surface area (Å²) in [7, 11) is 2.06. The van der Waals surface area contributed by atoms with Crippen molar-refractivity contribution in [3.8, 4) is 0 Å². The Morgan fingerprint density at radius 3 is 2.67 bits per heavy atom. The summed E-state index contributed by atoms with van der Waals surface area (Å²) in [5, 5.41) is 7.04. The number of benzene rings is 1. The Balaban J connectivity index is 1.21. The van der Waals surface area contributed by atoms with E-state index in [0.717, 1.165) is 50.7 Å². The Morgan fingerprint density at radius 2 is 1.94 bits per heavy atom. The summed E-state index contributed by atoms with van der Waals surface area (Å²) >= 11 is 2.10. The van der Waals surface area contributed by atoms with E-state index in [2.05, 4.69) is 58.3 Å². The minimum atomic E-state index is -0.0773. The Kier molecular flexibility index (Phi) is 11.5. The van der Waals surface area contributed by atoms with Crippen molar-refractivity contribution in [2.24, 2.45) is 5.92 Å². The van der Waals surface area contributed by atoms with Crippen LogP contribution in [0.3, 0.4) is 0 Å². The first-order valence-electron chi connectivity index (χ1n) is 12.7. The van der Waals surface area contributed by atoms with Crippen LogP contribution < -0.4 is 34.3 Å². The fraction of sp³-hybridized carbons (Fsp3) is 0.720. The molecule has 0 spiro atoms. The Morgan fingerprint density at radius 1 is 1.15 bits per heavy atom. The number of thioether (sulfide) groups is 1. The van der Waals surface area contributed by atoms with Crippen molar-refractivity contribution in [2.75, 3.05) is 36.9 Å². The Labute approximate surface area is 217 Å². The van der Waals surface area contributed by atoms with Crippen LogP contribution in [0.5, 0.6) is 0 Å². The van der Waals surface area contributed by atoms with Crippen LogP contribution in [-0.2, 0) is 11.3 Å². The number of amides is 1. The van der Waals surface area contributed by atoms with Crippen molar-refractivity contribution in [3.63, 3.8) is 0 Å². The molecule has 0 bridgehead atoms. The van der Waals surface area contributed by atoms with Crippen LogP contribution in [0.25, 0.3) is 0 Å². The van der Waals surface area contributed by atoms with Gasteiger partial charge < -0.3 is 0 Å². The van der Waals surface area contributed by atoms with E-state index in [4.69, 9.17) is 0 Å². The van der Waals surface area contributed by atoms with Gasteiger partial charge in [-0.1, -0.05) is 30.3 Å². The van der Waals surface area contributed by atoms with Gasteiger partial charge in [-0.05, 0) is 5.56 Å². The van der Waals surface area contributed by atoms with Crippen molar-refractivity contribution < 1.29 is 24.9 Å². The third-order valence-corrected chi connectivity index (χ3v) is 12.6. The molecule has 3 aliphatic rings. The summed E-state index contributed by atoms with van der Waals surface area (Å²) in [4.78, 5) is 15.8. The summed E-state index contributed by atoms with van der Waals surface area (Å²) in [5.74, 6) is 4.37. The predicted molar refractivity (Wildman–Crippen MR) is 138 cm³/mol. The number of carbonyl (C=O) groups excluding carboxylic acids is 1. The molecule has 8 heteroatoms. The zero-order chi connectivity index (χ0) is 22.7. The second-order valence-corrected chi connectivity index (χ2v) is 15.3. The number of piperidine rings is 1. The van der Waals surface area contributed by atoms with Crippen LogP contribution in [-0.4, -0.2) is 65.8 Å². The second kappa shape index (κ2) is 14.5. The van der Waals surface area contributed by atoms with Gasteiger partial charge >= 0.3 is 183 Å². The van der Waals surface area contributed by atoms with Gasteiger partial charge in [-0.25, -0.2) is 0 Å².